The van der Waals surface area contributed by atoms with E-state index >= 15 is 0 Å². The van der Waals surface area contributed by atoms with E-state index in [0.717, 1.165) is 38.8 Å². The molecule has 8 heteroatoms. The highest BCUT2D eigenvalue weighted by atomic mass is 32.2. The molecule has 0 unspecified atom stereocenters. The molecule has 2 aromatic heterocycles. The zero-order valence-corrected chi connectivity index (χ0v) is 18.1. The van der Waals surface area contributed by atoms with Gasteiger partial charge in [-0.15, -0.1) is 0 Å². The molecule has 0 saturated heterocycles. The van der Waals surface area contributed by atoms with Gasteiger partial charge in [-0.2, -0.15) is 0 Å². The molecule has 160 valence electrons. The van der Waals surface area contributed by atoms with E-state index in [0.29, 0.717) is 18.8 Å². The molecule has 0 bridgehead atoms. The van der Waals surface area contributed by atoms with Crippen LogP contribution in [0.3, 0.4) is 0 Å². The molecule has 32 heavy (non-hydrogen) atoms. The lowest BCUT2D eigenvalue weighted by Gasteiger charge is -2.18. The second kappa shape index (κ2) is 7.72. The summed E-state index contributed by atoms with van der Waals surface area (Å²) in [6.07, 6.45) is 5.13. The van der Waals surface area contributed by atoms with Gasteiger partial charge < -0.3 is 10.6 Å². The maximum absolute atomic E-state index is 11.7. The van der Waals surface area contributed by atoms with Crippen LogP contribution in [-0.2, 0) is 27.6 Å². The summed E-state index contributed by atoms with van der Waals surface area (Å²) in [6, 6.07) is 16.5. The zero-order valence-electron chi connectivity index (χ0n) is 17.3. The third kappa shape index (κ3) is 3.92. The van der Waals surface area contributed by atoms with Crippen LogP contribution >= 0.6 is 0 Å². The average Bonchev–Trinajstić information content (AvgIpc) is 2.78. The molecule has 5 rings (SSSR count). The second-order valence-electron chi connectivity index (χ2n) is 7.81. The Kier molecular flexibility index (Phi) is 4.86. The van der Waals surface area contributed by atoms with Gasteiger partial charge in [0.15, 0.2) is 9.84 Å². The first-order valence-corrected chi connectivity index (χ1v) is 12.0. The molecule has 1 amide bonds. The number of hydrogen-bond donors (Lipinski definition) is 2. The number of aromatic nitrogens is 2. The number of rotatable bonds is 4. The quantitative estimate of drug-likeness (QED) is 0.499. The average molecular weight is 445 g/mol. The Bertz CT molecular complexity index is 1460. The highest BCUT2D eigenvalue weighted by Crippen LogP contribution is 2.30. The van der Waals surface area contributed by atoms with E-state index in [4.69, 9.17) is 0 Å². The summed E-state index contributed by atoms with van der Waals surface area (Å²) in [4.78, 5) is 21.0. The number of fused-ring (bicyclic) bond motifs is 2. The molecule has 0 atom stereocenters. The van der Waals surface area contributed by atoms with Crippen molar-refractivity contribution in [2.24, 2.45) is 0 Å². The minimum absolute atomic E-state index is 0.0416. The normalized spacial score (nSPS) is 13.5. The largest absolute Gasteiger partial charge is 0.352 e. The van der Waals surface area contributed by atoms with Crippen LogP contribution in [0.5, 0.6) is 0 Å². The van der Waals surface area contributed by atoms with E-state index in [1.807, 2.05) is 24.3 Å². The van der Waals surface area contributed by atoms with Crippen LogP contribution in [0.15, 0.2) is 71.9 Å². The van der Waals surface area contributed by atoms with Gasteiger partial charge in [0.05, 0.1) is 17.0 Å². The second-order valence-corrected chi connectivity index (χ2v) is 9.82. The molecule has 0 radical (unpaired) electrons. The molecular weight excluding hydrogens is 424 g/mol. The minimum Gasteiger partial charge on any atom is -0.352 e. The van der Waals surface area contributed by atoms with Gasteiger partial charge >= 0.3 is 0 Å². The van der Waals surface area contributed by atoms with Gasteiger partial charge in [0, 0.05) is 47.2 Å². The van der Waals surface area contributed by atoms with Gasteiger partial charge in [0.2, 0.25) is 5.91 Å². The lowest BCUT2D eigenvalue weighted by atomic mass is 9.95. The van der Waals surface area contributed by atoms with Crippen LogP contribution in [0.2, 0.25) is 0 Å². The molecule has 2 aromatic carbocycles. The number of amides is 1. The summed E-state index contributed by atoms with van der Waals surface area (Å²) in [7, 11) is -3.24. The van der Waals surface area contributed by atoms with Crippen LogP contribution in [0.25, 0.3) is 22.0 Å². The van der Waals surface area contributed by atoms with Crippen molar-refractivity contribution in [3.63, 3.8) is 0 Å². The molecule has 0 saturated carbocycles. The summed E-state index contributed by atoms with van der Waals surface area (Å²) in [5, 5.41) is 8.01. The van der Waals surface area contributed by atoms with Gasteiger partial charge in [-0.1, -0.05) is 12.1 Å². The number of carbonyl (C=O) groups is 1. The molecule has 0 aliphatic carbocycles. The SMILES string of the molecule is CS(=O)(=O)c1ccc(Nc2cc3c(-c4ccc5c(c4)CNC(=O)C5)nccc3cn2)cc1. The van der Waals surface area contributed by atoms with E-state index < -0.39 is 9.84 Å². The van der Waals surface area contributed by atoms with E-state index in [1.165, 1.54) is 6.26 Å². The topological polar surface area (TPSA) is 101 Å². The zero-order chi connectivity index (χ0) is 22.3. The predicted molar refractivity (Wildman–Crippen MR) is 123 cm³/mol. The van der Waals surface area contributed by atoms with E-state index in [1.54, 1.807) is 36.7 Å². The van der Waals surface area contributed by atoms with Gasteiger partial charge in [-0.25, -0.2) is 13.4 Å². The van der Waals surface area contributed by atoms with Gasteiger partial charge in [0.1, 0.15) is 5.82 Å². The van der Waals surface area contributed by atoms with Crippen molar-refractivity contribution in [2.45, 2.75) is 17.9 Å². The molecule has 0 fully saturated rings. The monoisotopic (exact) mass is 444 g/mol. The lowest BCUT2D eigenvalue weighted by molar-refractivity contribution is -0.121. The molecule has 4 aromatic rings. The number of anilines is 2. The number of nitrogens with zero attached hydrogens (tertiary/aromatic N) is 2. The number of hydrogen-bond acceptors (Lipinski definition) is 6. The fourth-order valence-corrected chi connectivity index (χ4v) is 4.47. The van der Waals surface area contributed by atoms with Crippen LogP contribution in [0.1, 0.15) is 11.1 Å². The fraction of sp³-hybridized carbons (Fsp3) is 0.125. The smallest absolute Gasteiger partial charge is 0.224 e. The molecule has 3 heterocycles. The van der Waals surface area contributed by atoms with Gasteiger partial charge in [-0.3, -0.25) is 9.78 Å². The van der Waals surface area contributed by atoms with E-state index in [2.05, 4.69) is 26.7 Å². The third-order valence-corrected chi connectivity index (χ3v) is 6.64. The molecule has 2 N–H and O–H groups in total. The number of nitrogens with one attached hydrogen (secondary N) is 2. The van der Waals surface area contributed by atoms with Crippen molar-refractivity contribution in [3.8, 4) is 11.3 Å². The maximum Gasteiger partial charge on any atom is 0.224 e. The summed E-state index contributed by atoms with van der Waals surface area (Å²) < 4.78 is 23.3. The minimum atomic E-state index is -3.24. The van der Waals surface area contributed by atoms with E-state index in [9.17, 15) is 13.2 Å². The molecule has 0 spiro atoms. The number of sulfone groups is 1. The first-order valence-electron chi connectivity index (χ1n) is 10.1. The maximum atomic E-state index is 11.7. The lowest BCUT2D eigenvalue weighted by Crippen LogP contribution is -2.30. The highest BCUT2D eigenvalue weighted by Gasteiger charge is 2.16. The highest BCUT2D eigenvalue weighted by molar-refractivity contribution is 7.90. The Morgan fingerprint density at radius 3 is 2.56 bits per heavy atom. The Balaban J connectivity index is 1.51. The first-order chi connectivity index (χ1) is 15.4. The van der Waals surface area contributed by atoms with E-state index in [-0.39, 0.29) is 10.8 Å². The Labute approximate surface area is 185 Å². The molecule has 7 nitrogen and oxygen atoms in total. The van der Waals surface area contributed by atoms with Crippen molar-refractivity contribution in [1.82, 2.24) is 15.3 Å². The first kappa shape index (κ1) is 20.1. The van der Waals surface area contributed by atoms with Gasteiger partial charge in [-0.05, 0) is 53.6 Å². The van der Waals surface area contributed by atoms with Crippen molar-refractivity contribution in [1.29, 1.82) is 0 Å². The van der Waals surface area contributed by atoms with Crippen molar-refractivity contribution < 1.29 is 13.2 Å². The predicted octanol–water partition coefficient (Wildman–Crippen LogP) is 3.62. The number of carbonyl (C=O) groups excluding carboxylic acids is 1. The fourth-order valence-electron chi connectivity index (χ4n) is 3.84. The van der Waals surface area contributed by atoms with Crippen molar-refractivity contribution in [2.75, 3.05) is 11.6 Å². The Morgan fingerprint density at radius 1 is 0.969 bits per heavy atom. The van der Waals surface area contributed by atoms with Crippen molar-refractivity contribution in [3.05, 3.63) is 78.1 Å². The van der Waals surface area contributed by atoms with Crippen molar-refractivity contribution >= 4 is 38.0 Å². The Morgan fingerprint density at radius 2 is 1.78 bits per heavy atom. The van der Waals surface area contributed by atoms with Crippen LogP contribution in [-0.4, -0.2) is 30.5 Å². The molecule has 1 aliphatic heterocycles. The number of benzene rings is 2. The van der Waals surface area contributed by atoms with Crippen LogP contribution < -0.4 is 10.6 Å². The summed E-state index contributed by atoms with van der Waals surface area (Å²) in [6.45, 7) is 0.518. The summed E-state index contributed by atoms with van der Waals surface area (Å²) in [5.74, 6) is 0.670. The Hall–Kier alpha value is -3.78. The summed E-state index contributed by atoms with van der Waals surface area (Å²) in [5.41, 5.74) is 4.68. The summed E-state index contributed by atoms with van der Waals surface area (Å²) >= 11 is 0. The van der Waals surface area contributed by atoms with Crippen LogP contribution in [0.4, 0.5) is 11.5 Å². The van der Waals surface area contributed by atoms with Crippen LogP contribution in [0, 0.1) is 0 Å². The molecular formula is C24H20N4O3S. The third-order valence-electron chi connectivity index (χ3n) is 5.51. The molecule has 1 aliphatic rings. The standard InChI is InChI=1S/C24H20N4O3S/c1-32(30,31)20-6-4-19(5-7-20)28-22-12-21-17(13-26-22)8-9-25-24(21)16-3-2-15-11-23(29)27-14-18(15)10-16/h2-10,12-13H,11,14H2,1H3,(H,26,28)(H,27,29). The van der Waals surface area contributed by atoms with Gasteiger partial charge in [0.25, 0.3) is 0 Å². The number of pyridine rings is 2.